The van der Waals surface area contributed by atoms with Crippen LogP contribution in [0.4, 0.5) is 5.69 Å². The molecule has 0 aliphatic heterocycles. The van der Waals surface area contributed by atoms with Crippen molar-refractivity contribution < 1.29 is 5.11 Å². The smallest absolute Gasteiger partial charge is 0.116 e. The molecule has 0 fully saturated rings. The summed E-state index contributed by atoms with van der Waals surface area (Å²) < 4.78 is 0. The highest BCUT2D eigenvalue weighted by Gasteiger charge is 2.20. The fourth-order valence-electron chi connectivity index (χ4n) is 1.61. The van der Waals surface area contributed by atoms with Crippen LogP contribution < -0.4 is 5.73 Å². The molecule has 1 heterocycles. The van der Waals surface area contributed by atoms with Crippen LogP contribution >= 0.6 is 0 Å². The number of benzene rings is 1. The third-order valence-electron chi connectivity index (χ3n) is 2.39. The lowest BCUT2D eigenvalue weighted by Gasteiger charge is -2.20. The van der Waals surface area contributed by atoms with Crippen LogP contribution in [0.25, 0.3) is 10.9 Å². The van der Waals surface area contributed by atoms with Crippen molar-refractivity contribution in [3.05, 3.63) is 30.2 Å². The average Bonchev–Trinajstić information content (AvgIpc) is 2.16. The molecule has 0 saturated heterocycles. The highest BCUT2D eigenvalue weighted by Crippen LogP contribution is 2.30. The fourth-order valence-corrected chi connectivity index (χ4v) is 1.61. The van der Waals surface area contributed by atoms with Crippen LogP contribution in [0.15, 0.2) is 24.7 Å². The molecular weight excluding hydrogens is 190 g/mol. The molecule has 15 heavy (non-hydrogen) atoms. The fraction of sp³-hybridized carbons (Fsp3) is 0.273. The molecule has 4 nitrogen and oxygen atoms in total. The van der Waals surface area contributed by atoms with Crippen molar-refractivity contribution in [3.63, 3.8) is 0 Å². The van der Waals surface area contributed by atoms with Crippen LogP contribution in [0, 0.1) is 0 Å². The third-order valence-corrected chi connectivity index (χ3v) is 2.39. The van der Waals surface area contributed by atoms with Gasteiger partial charge in [0.15, 0.2) is 0 Å². The van der Waals surface area contributed by atoms with Gasteiger partial charge < -0.3 is 10.8 Å². The van der Waals surface area contributed by atoms with E-state index < -0.39 is 5.60 Å². The molecule has 0 saturated carbocycles. The Morgan fingerprint density at radius 2 is 2.07 bits per heavy atom. The van der Waals surface area contributed by atoms with Crippen molar-refractivity contribution in [1.29, 1.82) is 0 Å². The molecule has 1 aromatic heterocycles. The number of nitrogens with two attached hydrogens (primary N) is 1. The van der Waals surface area contributed by atoms with Crippen molar-refractivity contribution in [2.45, 2.75) is 19.4 Å². The zero-order valence-corrected chi connectivity index (χ0v) is 8.73. The van der Waals surface area contributed by atoms with E-state index in [0.29, 0.717) is 11.3 Å². The largest absolute Gasteiger partial charge is 0.398 e. The summed E-state index contributed by atoms with van der Waals surface area (Å²) in [5, 5.41) is 10.7. The van der Waals surface area contributed by atoms with E-state index in [1.807, 2.05) is 6.07 Å². The first-order chi connectivity index (χ1) is 7.00. The monoisotopic (exact) mass is 203 g/mol. The maximum atomic E-state index is 9.91. The van der Waals surface area contributed by atoms with E-state index in [1.54, 1.807) is 26.1 Å². The molecule has 2 rings (SSSR count). The Balaban J connectivity index is 2.76. The first kappa shape index (κ1) is 9.86. The lowest BCUT2D eigenvalue weighted by Crippen LogP contribution is -2.17. The van der Waals surface area contributed by atoms with E-state index in [1.165, 1.54) is 6.33 Å². The Hall–Kier alpha value is -1.68. The van der Waals surface area contributed by atoms with Gasteiger partial charge in [0.25, 0.3) is 0 Å². The molecule has 3 N–H and O–H groups in total. The van der Waals surface area contributed by atoms with Crippen molar-refractivity contribution >= 4 is 16.6 Å². The number of nitrogen functional groups attached to an aromatic ring is 1. The number of rotatable bonds is 1. The Labute approximate surface area is 87.8 Å². The van der Waals surface area contributed by atoms with Crippen LogP contribution in [-0.2, 0) is 5.60 Å². The second-order valence-electron chi connectivity index (χ2n) is 4.04. The number of fused-ring (bicyclic) bond motifs is 1. The molecular formula is C11H13N3O. The van der Waals surface area contributed by atoms with E-state index in [4.69, 9.17) is 5.73 Å². The van der Waals surface area contributed by atoms with Crippen molar-refractivity contribution in [1.82, 2.24) is 9.97 Å². The van der Waals surface area contributed by atoms with Crippen LogP contribution in [0.5, 0.6) is 0 Å². The molecule has 0 radical (unpaired) electrons. The maximum Gasteiger partial charge on any atom is 0.116 e. The van der Waals surface area contributed by atoms with Gasteiger partial charge in [0, 0.05) is 22.8 Å². The average molecular weight is 203 g/mol. The van der Waals surface area contributed by atoms with Crippen molar-refractivity contribution in [2.24, 2.45) is 0 Å². The molecule has 0 aliphatic carbocycles. The zero-order valence-electron chi connectivity index (χ0n) is 8.73. The number of anilines is 1. The van der Waals surface area contributed by atoms with Gasteiger partial charge in [0.05, 0.1) is 11.1 Å². The predicted octanol–water partition coefficient (Wildman–Crippen LogP) is 1.44. The Morgan fingerprint density at radius 1 is 1.33 bits per heavy atom. The summed E-state index contributed by atoms with van der Waals surface area (Å²) in [4.78, 5) is 8.02. The number of nitrogens with zero attached hydrogens (tertiary/aromatic N) is 2. The summed E-state index contributed by atoms with van der Waals surface area (Å²) in [5.41, 5.74) is 7.04. The Kier molecular flexibility index (Phi) is 2.08. The van der Waals surface area contributed by atoms with Gasteiger partial charge in [-0.25, -0.2) is 9.97 Å². The number of hydrogen-bond acceptors (Lipinski definition) is 4. The topological polar surface area (TPSA) is 72.0 Å². The highest BCUT2D eigenvalue weighted by atomic mass is 16.3. The minimum atomic E-state index is -0.950. The lowest BCUT2D eigenvalue weighted by molar-refractivity contribution is 0.0795. The highest BCUT2D eigenvalue weighted by molar-refractivity contribution is 5.91. The van der Waals surface area contributed by atoms with Crippen LogP contribution in [-0.4, -0.2) is 15.1 Å². The van der Waals surface area contributed by atoms with Crippen molar-refractivity contribution in [2.75, 3.05) is 5.73 Å². The molecule has 0 amide bonds. The molecule has 0 unspecified atom stereocenters. The third kappa shape index (κ3) is 1.64. The second-order valence-corrected chi connectivity index (χ2v) is 4.04. The molecule has 4 heteroatoms. The van der Waals surface area contributed by atoms with Gasteiger partial charge >= 0.3 is 0 Å². The summed E-state index contributed by atoms with van der Waals surface area (Å²) in [6.45, 7) is 3.41. The maximum absolute atomic E-state index is 9.91. The summed E-state index contributed by atoms with van der Waals surface area (Å²) in [6, 6.07) is 3.63. The molecule has 0 atom stereocenters. The van der Waals surface area contributed by atoms with Crippen molar-refractivity contribution in [3.8, 4) is 0 Å². The van der Waals surface area contributed by atoms with Crippen LogP contribution in [0.1, 0.15) is 19.4 Å². The quantitative estimate of drug-likeness (QED) is 0.688. The van der Waals surface area contributed by atoms with Gasteiger partial charge in [-0.1, -0.05) is 6.07 Å². The number of aliphatic hydroxyl groups is 1. The standard InChI is InChI=1S/C11H13N3O/c1-11(2,15)8-3-4-9-7(10(8)12)5-13-6-14-9/h3-6,15H,12H2,1-2H3. The zero-order chi connectivity index (χ0) is 11.1. The second kappa shape index (κ2) is 3.17. The van der Waals surface area contributed by atoms with E-state index in [-0.39, 0.29) is 0 Å². The summed E-state index contributed by atoms with van der Waals surface area (Å²) in [7, 11) is 0. The number of aromatic nitrogens is 2. The molecule has 2 aromatic rings. The van der Waals surface area contributed by atoms with E-state index in [2.05, 4.69) is 9.97 Å². The van der Waals surface area contributed by atoms with Crippen LogP contribution in [0.3, 0.4) is 0 Å². The lowest BCUT2D eigenvalue weighted by atomic mass is 9.95. The van der Waals surface area contributed by atoms with Gasteiger partial charge in [0.1, 0.15) is 6.33 Å². The van der Waals surface area contributed by atoms with Gasteiger partial charge in [-0.05, 0) is 19.9 Å². The van der Waals surface area contributed by atoms with Crippen LogP contribution in [0.2, 0.25) is 0 Å². The summed E-state index contributed by atoms with van der Waals surface area (Å²) in [5.74, 6) is 0. The molecule has 0 aliphatic rings. The van der Waals surface area contributed by atoms with Gasteiger partial charge in [-0.3, -0.25) is 0 Å². The van der Waals surface area contributed by atoms with E-state index >= 15 is 0 Å². The molecule has 0 bridgehead atoms. The molecule has 1 aromatic carbocycles. The minimum Gasteiger partial charge on any atom is -0.398 e. The Morgan fingerprint density at radius 3 is 2.73 bits per heavy atom. The Bertz CT molecular complexity index is 503. The number of hydrogen-bond donors (Lipinski definition) is 2. The van der Waals surface area contributed by atoms with Gasteiger partial charge in [-0.15, -0.1) is 0 Å². The SMILES string of the molecule is CC(C)(O)c1ccc2ncncc2c1N. The molecule has 0 spiro atoms. The minimum absolute atomic E-state index is 0.542. The first-order valence-electron chi connectivity index (χ1n) is 4.71. The first-order valence-corrected chi connectivity index (χ1v) is 4.71. The van der Waals surface area contributed by atoms with E-state index in [0.717, 1.165) is 10.9 Å². The molecule has 78 valence electrons. The summed E-state index contributed by atoms with van der Waals surface area (Å²) in [6.07, 6.45) is 3.14. The summed E-state index contributed by atoms with van der Waals surface area (Å²) >= 11 is 0. The predicted molar refractivity (Wildman–Crippen MR) is 59.2 cm³/mol. The normalized spacial score (nSPS) is 11.9. The van der Waals surface area contributed by atoms with E-state index in [9.17, 15) is 5.11 Å². The van der Waals surface area contributed by atoms with Gasteiger partial charge in [0.2, 0.25) is 0 Å². The van der Waals surface area contributed by atoms with Gasteiger partial charge in [-0.2, -0.15) is 0 Å².